The van der Waals surface area contributed by atoms with Gasteiger partial charge in [-0.1, -0.05) is 12.8 Å². The van der Waals surface area contributed by atoms with Gasteiger partial charge in [0.25, 0.3) is 11.8 Å². The van der Waals surface area contributed by atoms with Crippen molar-refractivity contribution < 1.29 is 18.3 Å². The first-order valence-electron chi connectivity index (χ1n) is 9.47. The molecule has 2 aromatic heterocycles. The summed E-state index contributed by atoms with van der Waals surface area (Å²) in [6, 6.07) is 2.03. The maximum atomic E-state index is 14.6. The van der Waals surface area contributed by atoms with Crippen LogP contribution in [0.2, 0.25) is 0 Å². The molecule has 1 saturated carbocycles. The van der Waals surface area contributed by atoms with Gasteiger partial charge in [0.1, 0.15) is 5.82 Å². The maximum Gasteiger partial charge on any atom is 0.252 e. The molecular formula is C19H24F2N6O2. The van der Waals surface area contributed by atoms with Gasteiger partial charge in [0.2, 0.25) is 5.82 Å². The number of aromatic nitrogens is 2. The predicted molar refractivity (Wildman–Crippen MR) is 105 cm³/mol. The molecule has 0 radical (unpaired) electrons. The first-order valence-corrected chi connectivity index (χ1v) is 9.47. The van der Waals surface area contributed by atoms with Gasteiger partial charge in [0.15, 0.2) is 11.6 Å². The molecule has 8 nitrogen and oxygen atoms in total. The smallest absolute Gasteiger partial charge is 0.252 e. The van der Waals surface area contributed by atoms with Crippen LogP contribution in [0, 0.1) is 11.6 Å². The number of halogens is 2. The average molecular weight is 406 g/mol. The van der Waals surface area contributed by atoms with Crippen LogP contribution in [-0.4, -0.2) is 34.6 Å². The molecule has 0 bridgehead atoms. The zero-order valence-electron chi connectivity index (χ0n) is 16.0. The molecule has 10 heteroatoms. The molecule has 0 aliphatic heterocycles. The number of hydrogen-bond acceptors (Lipinski definition) is 7. The Bertz CT molecular complexity index is 895. The second kappa shape index (κ2) is 8.99. The Kier molecular flexibility index (Phi) is 6.42. The van der Waals surface area contributed by atoms with Crippen LogP contribution >= 0.6 is 0 Å². The fraction of sp³-hybridized carbons (Fsp3) is 0.421. The third-order valence-electron chi connectivity index (χ3n) is 4.77. The molecule has 2 aromatic rings. The van der Waals surface area contributed by atoms with E-state index < -0.39 is 17.5 Å². The van der Waals surface area contributed by atoms with Gasteiger partial charge in [-0.3, -0.25) is 4.79 Å². The number of nitrogens with one attached hydrogen (secondary N) is 2. The maximum absolute atomic E-state index is 14.6. The van der Waals surface area contributed by atoms with Crippen LogP contribution in [0.3, 0.4) is 0 Å². The highest BCUT2D eigenvalue weighted by Crippen LogP contribution is 2.29. The van der Waals surface area contributed by atoms with Gasteiger partial charge in [0, 0.05) is 18.3 Å². The molecule has 0 aromatic carbocycles. The molecule has 6 N–H and O–H groups in total. The van der Waals surface area contributed by atoms with Crippen LogP contribution in [0.4, 0.5) is 26.1 Å². The lowest BCUT2D eigenvalue weighted by Gasteiger charge is -2.30. The van der Waals surface area contributed by atoms with E-state index in [4.69, 9.17) is 16.2 Å². The van der Waals surface area contributed by atoms with E-state index in [0.29, 0.717) is 0 Å². The lowest BCUT2D eigenvalue weighted by molar-refractivity contribution is 0.100. The highest BCUT2D eigenvalue weighted by molar-refractivity contribution is 5.98. The fourth-order valence-corrected chi connectivity index (χ4v) is 3.27. The van der Waals surface area contributed by atoms with Crippen LogP contribution in [0.15, 0.2) is 18.3 Å². The van der Waals surface area contributed by atoms with Crippen LogP contribution < -0.4 is 26.8 Å². The van der Waals surface area contributed by atoms with E-state index in [1.807, 2.05) is 0 Å². The number of carbonyl (C=O) groups excluding carboxylic acids is 1. The van der Waals surface area contributed by atoms with Crippen molar-refractivity contribution in [1.82, 2.24) is 9.97 Å². The molecule has 29 heavy (non-hydrogen) atoms. The van der Waals surface area contributed by atoms with E-state index in [9.17, 15) is 13.6 Å². The molecule has 0 saturated heterocycles. The molecular weight excluding hydrogens is 382 g/mol. The predicted octanol–water partition coefficient (Wildman–Crippen LogP) is 2.68. The first-order chi connectivity index (χ1) is 13.9. The fourth-order valence-electron chi connectivity index (χ4n) is 3.27. The molecule has 156 valence electrons. The molecule has 2 atom stereocenters. The van der Waals surface area contributed by atoms with E-state index in [-0.39, 0.29) is 47.5 Å². The second-order valence-electron chi connectivity index (χ2n) is 6.81. The van der Waals surface area contributed by atoms with E-state index in [1.165, 1.54) is 12.3 Å². The number of hydrogen-bond donors (Lipinski definition) is 4. The third kappa shape index (κ3) is 4.70. The normalized spacial score (nSPS) is 18.9. The Hall–Kier alpha value is -3.01. The molecule has 0 unspecified atom stereocenters. The molecule has 1 aliphatic rings. The molecule has 1 aliphatic carbocycles. The lowest BCUT2D eigenvalue weighted by Crippen LogP contribution is -2.43. The number of nitrogens with zero attached hydrogens (tertiary/aromatic N) is 2. The average Bonchev–Trinajstić information content (AvgIpc) is 2.69. The summed E-state index contributed by atoms with van der Waals surface area (Å²) >= 11 is 0. The monoisotopic (exact) mass is 406 g/mol. The van der Waals surface area contributed by atoms with Crippen molar-refractivity contribution >= 4 is 23.2 Å². The van der Waals surface area contributed by atoms with Crippen molar-refractivity contribution in [2.24, 2.45) is 11.5 Å². The topological polar surface area (TPSA) is 128 Å². The minimum absolute atomic E-state index is 0.0367. The number of rotatable bonds is 7. The van der Waals surface area contributed by atoms with Crippen LogP contribution in [0.25, 0.3) is 0 Å². The molecule has 2 heterocycles. The Morgan fingerprint density at radius 1 is 1.31 bits per heavy atom. The molecule has 0 spiro atoms. The minimum Gasteiger partial charge on any atom is -0.476 e. The van der Waals surface area contributed by atoms with Crippen LogP contribution in [0.1, 0.15) is 43.0 Å². The number of carbonyl (C=O) groups is 1. The van der Waals surface area contributed by atoms with Gasteiger partial charge in [0.05, 0.1) is 17.9 Å². The number of primary amides is 1. The van der Waals surface area contributed by atoms with Gasteiger partial charge < -0.3 is 26.8 Å². The number of nitrogens with two attached hydrogens (primary N) is 2. The molecule has 3 rings (SSSR count). The van der Waals surface area contributed by atoms with Gasteiger partial charge in [-0.2, -0.15) is 4.39 Å². The molecule has 1 amide bonds. The number of anilines is 3. The number of amides is 1. The van der Waals surface area contributed by atoms with Crippen LogP contribution in [-0.2, 0) is 0 Å². The summed E-state index contributed by atoms with van der Waals surface area (Å²) in [4.78, 5) is 19.7. The summed E-state index contributed by atoms with van der Waals surface area (Å²) in [6.07, 6.45) is 4.93. The van der Waals surface area contributed by atoms with Crippen molar-refractivity contribution in [3.63, 3.8) is 0 Å². The Morgan fingerprint density at radius 3 is 2.76 bits per heavy atom. The van der Waals surface area contributed by atoms with E-state index in [2.05, 4.69) is 20.6 Å². The largest absolute Gasteiger partial charge is 0.476 e. The third-order valence-corrected chi connectivity index (χ3v) is 4.77. The standard InChI is InChI=1S/C19H24F2N6O2/c1-2-29-19-15(21)14(7-8-24-19)26-17-10(16(23)28)9-11(20)18(27-17)25-13-6-4-3-5-12(13)22/h7-9,12-13H,2-6,22H2,1H3,(H2,23,28)(H2,24,25,26,27)/t12-,13+/m0/s1. The van der Waals surface area contributed by atoms with Crippen LogP contribution in [0.5, 0.6) is 5.88 Å². The highest BCUT2D eigenvalue weighted by atomic mass is 19.1. The van der Waals surface area contributed by atoms with Crippen molar-refractivity contribution in [2.45, 2.75) is 44.7 Å². The summed E-state index contributed by atoms with van der Waals surface area (Å²) in [5.74, 6) is -2.78. The van der Waals surface area contributed by atoms with Crippen molar-refractivity contribution in [1.29, 1.82) is 0 Å². The van der Waals surface area contributed by atoms with Crippen molar-refractivity contribution in [2.75, 3.05) is 17.2 Å². The summed E-state index contributed by atoms with van der Waals surface area (Å²) < 4.78 is 34.3. The zero-order chi connectivity index (χ0) is 21.0. The van der Waals surface area contributed by atoms with Crippen molar-refractivity contribution in [3.05, 3.63) is 35.5 Å². The SMILES string of the molecule is CCOc1nccc(Nc2nc(N[C@@H]3CCCC[C@@H]3N)c(F)cc2C(N)=O)c1F. The summed E-state index contributed by atoms with van der Waals surface area (Å²) in [5.41, 5.74) is 11.2. The van der Waals surface area contributed by atoms with Gasteiger partial charge >= 0.3 is 0 Å². The zero-order valence-corrected chi connectivity index (χ0v) is 16.0. The number of pyridine rings is 2. The summed E-state index contributed by atoms with van der Waals surface area (Å²) in [5, 5.41) is 5.70. The Labute approximate surface area is 167 Å². The molecule has 1 fully saturated rings. The van der Waals surface area contributed by atoms with Gasteiger partial charge in [-0.05, 0) is 31.9 Å². The summed E-state index contributed by atoms with van der Waals surface area (Å²) in [6.45, 7) is 1.92. The quantitative estimate of drug-likeness (QED) is 0.556. The summed E-state index contributed by atoms with van der Waals surface area (Å²) in [7, 11) is 0. The van der Waals surface area contributed by atoms with Gasteiger partial charge in [-0.15, -0.1) is 0 Å². The first kappa shape index (κ1) is 20.7. The lowest BCUT2D eigenvalue weighted by atomic mass is 9.91. The van der Waals surface area contributed by atoms with Crippen molar-refractivity contribution in [3.8, 4) is 5.88 Å². The van der Waals surface area contributed by atoms with Gasteiger partial charge in [-0.25, -0.2) is 14.4 Å². The second-order valence-corrected chi connectivity index (χ2v) is 6.81. The Morgan fingerprint density at radius 2 is 2.07 bits per heavy atom. The highest BCUT2D eigenvalue weighted by Gasteiger charge is 2.25. The minimum atomic E-state index is -0.903. The van der Waals surface area contributed by atoms with E-state index >= 15 is 0 Å². The van der Waals surface area contributed by atoms with E-state index in [0.717, 1.165) is 31.7 Å². The Balaban J connectivity index is 1.94. The number of ether oxygens (including phenoxy) is 1. The van der Waals surface area contributed by atoms with E-state index in [1.54, 1.807) is 6.92 Å².